The van der Waals surface area contributed by atoms with Gasteiger partial charge < -0.3 is 10.2 Å². The summed E-state index contributed by atoms with van der Waals surface area (Å²) in [5, 5.41) is 18.6. The van der Waals surface area contributed by atoms with Gasteiger partial charge in [0.25, 0.3) is 0 Å². The number of hydrogen-bond acceptors (Lipinski definition) is 3. The van der Waals surface area contributed by atoms with Gasteiger partial charge in [-0.15, -0.1) is 0 Å². The maximum Gasteiger partial charge on any atom is 0.306 e. The molecule has 0 radical (unpaired) electrons. The summed E-state index contributed by atoms with van der Waals surface area (Å²) < 4.78 is 13.3. The number of carboxylic acids is 1. The van der Waals surface area contributed by atoms with Gasteiger partial charge in [-0.3, -0.25) is 9.78 Å². The molecule has 2 N–H and O–H groups in total. The lowest BCUT2D eigenvalue weighted by Crippen LogP contribution is -2.45. The van der Waals surface area contributed by atoms with Crippen molar-refractivity contribution in [3.8, 4) is 0 Å². The zero-order chi connectivity index (χ0) is 11.1. The summed E-state index contributed by atoms with van der Waals surface area (Å²) in [5.41, 5.74) is -1.20. The topological polar surface area (TPSA) is 70.4 Å². The highest BCUT2D eigenvalue weighted by atomic mass is 19.1. The summed E-state index contributed by atoms with van der Waals surface area (Å²) in [5.74, 6) is -2.12. The fraction of sp³-hybridized carbons (Fsp3) is 0.400. The number of halogens is 1. The summed E-state index contributed by atoms with van der Waals surface area (Å²) in [7, 11) is 0. The van der Waals surface area contributed by atoms with Crippen LogP contribution in [-0.2, 0) is 10.4 Å². The van der Waals surface area contributed by atoms with E-state index < -0.39 is 23.3 Å². The third kappa shape index (κ3) is 1.59. The van der Waals surface area contributed by atoms with Crippen molar-refractivity contribution in [1.82, 2.24) is 4.98 Å². The number of aliphatic hydroxyl groups is 1. The first-order valence-corrected chi connectivity index (χ1v) is 4.58. The lowest BCUT2D eigenvalue weighted by atomic mass is 9.67. The van der Waals surface area contributed by atoms with E-state index in [1.807, 2.05) is 0 Å². The molecule has 80 valence electrons. The number of carboxylic acid groups (broad SMARTS) is 1. The van der Waals surface area contributed by atoms with Gasteiger partial charge in [0.2, 0.25) is 0 Å². The molecule has 5 heteroatoms. The monoisotopic (exact) mass is 211 g/mol. The molecule has 1 saturated carbocycles. The van der Waals surface area contributed by atoms with Gasteiger partial charge in [-0.05, 0) is 18.9 Å². The quantitative estimate of drug-likeness (QED) is 0.762. The van der Waals surface area contributed by atoms with E-state index >= 15 is 0 Å². The van der Waals surface area contributed by atoms with Crippen molar-refractivity contribution in [2.24, 2.45) is 5.92 Å². The molecule has 2 rings (SSSR count). The molecule has 1 aliphatic carbocycles. The SMILES string of the molecule is O=C(O)C1CC(O)(c2ccncc2F)C1. The number of aromatic nitrogens is 1. The van der Waals surface area contributed by atoms with Crippen molar-refractivity contribution in [3.63, 3.8) is 0 Å². The molecule has 1 fully saturated rings. The molecule has 0 amide bonds. The zero-order valence-corrected chi connectivity index (χ0v) is 7.85. The maximum absolute atomic E-state index is 13.3. The van der Waals surface area contributed by atoms with Crippen LogP contribution >= 0.6 is 0 Å². The second-order valence-electron chi connectivity index (χ2n) is 3.83. The molecule has 1 aromatic rings. The van der Waals surface area contributed by atoms with Gasteiger partial charge in [-0.2, -0.15) is 0 Å². The average Bonchev–Trinajstić information content (AvgIpc) is 2.13. The smallest absolute Gasteiger partial charge is 0.306 e. The highest BCUT2D eigenvalue weighted by Crippen LogP contribution is 2.46. The molecule has 0 bridgehead atoms. The van der Waals surface area contributed by atoms with Gasteiger partial charge in [0.1, 0.15) is 5.82 Å². The number of carbonyl (C=O) groups is 1. The Morgan fingerprint density at radius 1 is 1.60 bits per heavy atom. The molecule has 0 aromatic carbocycles. The zero-order valence-electron chi connectivity index (χ0n) is 7.85. The fourth-order valence-electron chi connectivity index (χ4n) is 1.90. The van der Waals surface area contributed by atoms with Crippen LogP contribution in [0.2, 0.25) is 0 Å². The third-order valence-electron chi connectivity index (χ3n) is 2.79. The molecule has 1 heterocycles. The van der Waals surface area contributed by atoms with Crippen LogP contribution in [0.5, 0.6) is 0 Å². The molecule has 1 aromatic heterocycles. The van der Waals surface area contributed by atoms with Crippen molar-refractivity contribution in [2.75, 3.05) is 0 Å². The van der Waals surface area contributed by atoms with Crippen LogP contribution in [-0.4, -0.2) is 21.2 Å². The molecule has 0 saturated heterocycles. The molecular formula is C10H10FNO3. The molecule has 1 aliphatic rings. The summed E-state index contributed by atoms with van der Waals surface area (Å²) in [4.78, 5) is 14.1. The van der Waals surface area contributed by atoms with E-state index in [1.165, 1.54) is 12.3 Å². The van der Waals surface area contributed by atoms with E-state index in [2.05, 4.69) is 4.98 Å². The first kappa shape index (κ1) is 10.0. The Kier molecular flexibility index (Phi) is 2.19. The van der Waals surface area contributed by atoms with Crippen LogP contribution in [0.1, 0.15) is 18.4 Å². The summed E-state index contributed by atoms with van der Waals surface area (Å²) in [6.45, 7) is 0. The Labute approximate surface area is 85.4 Å². The minimum atomic E-state index is -1.34. The van der Waals surface area contributed by atoms with Crippen LogP contribution in [0.3, 0.4) is 0 Å². The highest BCUT2D eigenvalue weighted by molar-refractivity contribution is 5.71. The predicted molar refractivity (Wildman–Crippen MR) is 48.5 cm³/mol. The van der Waals surface area contributed by atoms with E-state index in [-0.39, 0.29) is 18.4 Å². The van der Waals surface area contributed by atoms with Gasteiger partial charge in [-0.25, -0.2) is 4.39 Å². The second kappa shape index (κ2) is 3.27. The van der Waals surface area contributed by atoms with Crippen LogP contribution in [0.25, 0.3) is 0 Å². The maximum atomic E-state index is 13.3. The molecule has 0 unspecified atom stereocenters. The number of nitrogens with zero attached hydrogens (tertiary/aromatic N) is 1. The van der Waals surface area contributed by atoms with Crippen molar-refractivity contribution >= 4 is 5.97 Å². The third-order valence-corrected chi connectivity index (χ3v) is 2.79. The van der Waals surface area contributed by atoms with Crippen molar-refractivity contribution in [3.05, 3.63) is 29.8 Å². The van der Waals surface area contributed by atoms with Crippen molar-refractivity contribution in [1.29, 1.82) is 0 Å². The van der Waals surface area contributed by atoms with E-state index in [0.717, 1.165) is 6.20 Å². The molecule has 4 nitrogen and oxygen atoms in total. The van der Waals surface area contributed by atoms with E-state index in [9.17, 15) is 14.3 Å². The van der Waals surface area contributed by atoms with Crippen molar-refractivity contribution in [2.45, 2.75) is 18.4 Å². The normalized spacial score (nSPS) is 29.6. The van der Waals surface area contributed by atoms with Gasteiger partial charge in [-0.1, -0.05) is 0 Å². The number of aliphatic carboxylic acids is 1. The van der Waals surface area contributed by atoms with Gasteiger partial charge in [0, 0.05) is 11.8 Å². The first-order valence-electron chi connectivity index (χ1n) is 4.58. The van der Waals surface area contributed by atoms with Crippen LogP contribution in [0.4, 0.5) is 4.39 Å². The van der Waals surface area contributed by atoms with E-state index in [1.54, 1.807) is 0 Å². The summed E-state index contributed by atoms with van der Waals surface area (Å²) in [6.07, 6.45) is 2.51. The Hall–Kier alpha value is -1.49. The minimum absolute atomic E-state index is 0.0588. The van der Waals surface area contributed by atoms with E-state index in [4.69, 9.17) is 5.11 Å². The summed E-state index contributed by atoms with van der Waals surface area (Å²) in [6, 6.07) is 1.38. The Bertz CT molecular complexity index is 401. The second-order valence-corrected chi connectivity index (χ2v) is 3.83. The fourth-order valence-corrected chi connectivity index (χ4v) is 1.90. The molecule has 0 aliphatic heterocycles. The van der Waals surface area contributed by atoms with Crippen LogP contribution in [0.15, 0.2) is 18.5 Å². The van der Waals surface area contributed by atoms with Crippen molar-refractivity contribution < 1.29 is 19.4 Å². The number of rotatable bonds is 2. The standard InChI is InChI=1S/C10H10FNO3/c11-8-5-12-2-1-7(8)10(15)3-6(4-10)9(13)14/h1-2,5-6,15H,3-4H2,(H,13,14). The van der Waals surface area contributed by atoms with Gasteiger partial charge in [0.05, 0.1) is 17.7 Å². The Balaban J connectivity index is 2.20. The lowest BCUT2D eigenvalue weighted by Gasteiger charge is -2.41. The molecule has 15 heavy (non-hydrogen) atoms. The van der Waals surface area contributed by atoms with Crippen LogP contribution < -0.4 is 0 Å². The Morgan fingerprint density at radius 3 is 2.80 bits per heavy atom. The number of pyridine rings is 1. The Morgan fingerprint density at radius 2 is 2.27 bits per heavy atom. The van der Waals surface area contributed by atoms with Gasteiger partial charge in [0.15, 0.2) is 0 Å². The molecule has 0 spiro atoms. The van der Waals surface area contributed by atoms with E-state index in [0.29, 0.717) is 0 Å². The minimum Gasteiger partial charge on any atom is -0.481 e. The lowest BCUT2D eigenvalue weighted by molar-refractivity contribution is -0.159. The molecular weight excluding hydrogens is 201 g/mol. The van der Waals surface area contributed by atoms with Crippen LogP contribution in [0, 0.1) is 11.7 Å². The molecule has 0 atom stereocenters. The number of hydrogen-bond donors (Lipinski definition) is 2. The van der Waals surface area contributed by atoms with Gasteiger partial charge >= 0.3 is 5.97 Å². The average molecular weight is 211 g/mol. The highest BCUT2D eigenvalue weighted by Gasteiger charge is 2.48. The predicted octanol–water partition coefficient (Wildman–Crippen LogP) is 0.903. The first-order chi connectivity index (χ1) is 7.03. The summed E-state index contributed by atoms with van der Waals surface area (Å²) >= 11 is 0. The largest absolute Gasteiger partial charge is 0.481 e.